The van der Waals surface area contributed by atoms with Crippen molar-refractivity contribution in [3.8, 4) is 11.4 Å². The summed E-state index contributed by atoms with van der Waals surface area (Å²) in [5, 5.41) is 15.8. The lowest BCUT2D eigenvalue weighted by Gasteiger charge is -2.06. The van der Waals surface area contributed by atoms with Crippen LogP contribution in [0.15, 0.2) is 52.9 Å². The zero-order chi connectivity index (χ0) is 20.7. The van der Waals surface area contributed by atoms with Crippen molar-refractivity contribution in [3.05, 3.63) is 65.7 Å². The molecule has 1 N–H and O–H groups in total. The van der Waals surface area contributed by atoms with Gasteiger partial charge in [-0.2, -0.15) is 4.80 Å². The predicted molar refractivity (Wildman–Crippen MR) is 109 cm³/mol. The number of rotatable bonds is 4. The van der Waals surface area contributed by atoms with E-state index in [0.29, 0.717) is 34.1 Å². The standard InChI is InChI=1S/C21H17N7O2/c1-12-19(24-17-6-4-3-5-16(17)23-12)21(29)22-11-15-10-14-9-13(7-8-18(14)30-15)20-25-27-28(2)26-20/h3-10H,11H2,1-2H3,(H,22,29). The van der Waals surface area contributed by atoms with Crippen LogP contribution in [0, 0.1) is 6.92 Å². The van der Waals surface area contributed by atoms with Crippen LogP contribution in [0.3, 0.4) is 0 Å². The highest BCUT2D eigenvalue weighted by Gasteiger charge is 2.15. The van der Waals surface area contributed by atoms with Gasteiger partial charge in [0.05, 0.1) is 30.3 Å². The van der Waals surface area contributed by atoms with E-state index in [0.717, 1.165) is 16.5 Å². The summed E-state index contributed by atoms with van der Waals surface area (Å²) >= 11 is 0. The fraction of sp³-hybridized carbons (Fsp3) is 0.143. The number of nitrogens with one attached hydrogen (secondary N) is 1. The number of carbonyl (C=O) groups excluding carboxylic acids is 1. The summed E-state index contributed by atoms with van der Waals surface area (Å²) in [5.41, 5.74) is 3.89. The third-order valence-electron chi connectivity index (χ3n) is 4.72. The first-order valence-electron chi connectivity index (χ1n) is 9.35. The molecular formula is C21H17N7O2. The Hall–Kier alpha value is -4.14. The Balaban J connectivity index is 1.36. The number of hydrogen-bond donors (Lipinski definition) is 1. The van der Waals surface area contributed by atoms with Gasteiger partial charge in [-0.25, -0.2) is 9.97 Å². The molecule has 5 rings (SSSR count). The van der Waals surface area contributed by atoms with Crippen molar-refractivity contribution < 1.29 is 9.21 Å². The minimum Gasteiger partial charge on any atom is -0.459 e. The largest absolute Gasteiger partial charge is 0.459 e. The van der Waals surface area contributed by atoms with E-state index in [1.54, 1.807) is 14.0 Å². The second-order valence-electron chi connectivity index (χ2n) is 6.90. The molecule has 0 saturated heterocycles. The molecule has 0 unspecified atom stereocenters. The van der Waals surface area contributed by atoms with Gasteiger partial charge in [-0.05, 0) is 48.5 Å². The van der Waals surface area contributed by atoms with Crippen LogP contribution >= 0.6 is 0 Å². The third kappa shape index (κ3) is 3.26. The summed E-state index contributed by atoms with van der Waals surface area (Å²) < 4.78 is 5.84. The highest BCUT2D eigenvalue weighted by molar-refractivity contribution is 5.95. The monoisotopic (exact) mass is 399 g/mol. The molecule has 0 spiro atoms. The quantitative estimate of drug-likeness (QED) is 0.494. The number of aromatic nitrogens is 6. The highest BCUT2D eigenvalue weighted by Crippen LogP contribution is 2.24. The van der Waals surface area contributed by atoms with Crippen molar-refractivity contribution >= 4 is 27.9 Å². The molecule has 0 saturated carbocycles. The fourth-order valence-corrected chi connectivity index (χ4v) is 3.28. The molecule has 0 atom stereocenters. The number of nitrogens with zero attached hydrogens (tertiary/aromatic N) is 6. The average molecular weight is 399 g/mol. The number of furan rings is 1. The summed E-state index contributed by atoms with van der Waals surface area (Å²) in [6, 6.07) is 15.0. The van der Waals surface area contributed by atoms with Gasteiger partial charge in [0.2, 0.25) is 5.82 Å². The molecule has 5 aromatic rings. The van der Waals surface area contributed by atoms with Gasteiger partial charge in [0.25, 0.3) is 5.91 Å². The lowest BCUT2D eigenvalue weighted by Crippen LogP contribution is -2.25. The summed E-state index contributed by atoms with van der Waals surface area (Å²) in [5.74, 6) is 0.880. The molecule has 0 bridgehead atoms. The SMILES string of the molecule is Cc1nc2ccccc2nc1C(=O)NCc1cc2cc(-c3nnn(C)n3)ccc2o1. The van der Waals surface area contributed by atoms with Crippen LogP contribution in [0.2, 0.25) is 0 Å². The van der Waals surface area contributed by atoms with Crippen LogP contribution in [-0.4, -0.2) is 36.1 Å². The normalized spacial score (nSPS) is 11.3. The Bertz CT molecular complexity index is 1400. The van der Waals surface area contributed by atoms with Gasteiger partial charge in [0.15, 0.2) is 0 Å². The zero-order valence-corrected chi connectivity index (χ0v) is 16.3. The lowest BCUT2D eigenvalue weighted by atomic mass is 10.1. The molecule has 1 amide bonds. The van der Waals surface area contributed by atoms with Crippen LogP contribution in [0.5, 0.6) is 0 Å². The molecule has 3 aromatic heterocycles. The predicted octanol–water partition coefficient (Wildman–Crippen LogP) is 2.80. The Kier molecular flexibility index (Phi) is 4.20. The number of tetrazole rings is 1. The number of fused-ring (bicyclic) bond motifs is 2. The van der Waals surface area contributed by atoms with E-state index < -0.39 is 0 Å². The second kappa shape index (κ2) is 7.03. The Morgan fingerprint density at radius 2 is 1.90 bits per heavy atom. The molecule has 0 aliphatic carbocycles. The number of benzene rings is 2. The van der Waals surface area contributed by atoms with Crippen LogP contribution in [-0.2, 0) is 13.6 Å². The average Bonchev–Trinajstić information content (AvgIpc) is 3.36. The van der Waals surface area contributed by atoms with Gasteiger partial charge in [0, 0.05) is 10.9 Å². The number of para-hydroxylation sites is 2. The number of aryl methyl sites for hydroxylation is 2. The van der Waals surface area contributed by atoms with E-state index in [2.05, 4.69) is 30.7 Å². The number of carbonyl (C=O) groups is 1. The van der Waals surface area contributed by atoms with Crippen molar-refractivity contribution in [2.75, 3.05) is 0 Å². The van der Waals surface area contributed by atoms with Crippen LogP contribution in [0.1, 0.15) is 21.9 Å². The topological polar surface area (TPSA) is 112 Å². The van der Waals surface area contributed by atoms with Crippen LogP contribution in [0.25, 0.3) is 33.4 Å². The summed E-state index contributed by atoms with van der Waals surface area (Å²) in [4.78, 5) is 23.0. The van der Waals surface area contributed by atoms with Crippen LogP contribution in [0.4, 0.5) is 0 Å². The minimum atomic E-state index is -0.296. The molecule has 0 aliphatic rings. The van der Waals surface area contributed by atoms with E-state index in [4.69, 9.17) is 4.42 Å². The third-order valence-corrected chi connectivity index (χ3v) is 4.72. The maximum absolute atomic E-state index is 12.7. The smallest absolute Gasteiger partial charge is 0.272 e. The molecule has 9 nitrogen and oxygen atoms in total. The van der Waals surface area contributed by atoms with Gasteiger partial charge in [-0.1, -0.05) is 12.1 Å². The first-order chi connectivity index (χ1) is 14.6. The van der Waals surface area contributed by atoms with Gasteiger partial charge in [-0.3, -0.25) is 4.79 Å². The first kappa shape index (κ1) is 17.9. The van der Waals surface area contributed by atoms with Crippen molar-refractivity contribution in [2.24, 2.45) is 7.05 Å². The fourth-order valence-electron chi connectivity index (χ4n) is 3.28. The van der Waals surface area contributed by atoms with Crippen molar-refractivity contribution in [3.63, 3.8) is 0 Å². The molecule has 0 fully saturated rings. The molecule has 148 valence electrons. The van der Waals surface area contributed by atoms with E-state index in [1.807, 2.05) is 48.5 Å². The van der Waals surface area contributed by atoms with Crippen molar-refractivity contribution in [1.29, 1.82) is 0 Å². The minimum absolute atomic E-state index is 0.236. The molecule has 0 aliphatic heterocycles. The van der Waals surface area contributed by atoms with E-state index >= 15 is 0 Å². The van der Waals surface area contributed by atoms with Crippen molar-refractivity contribution in [1.82, 2.24) is 35.5 Å². The molecule has 9 heteroatoms. The van der Waals surface area contributed by atoms with E-state index in [9.17, 15) is 4.79 Å². The molecule has 30 heavy (non-hydrogen) atoms. The Labute approximate surface area is 170 Å². The van der Waals surface area contributed by atoms with Crippen molar-refractivity contribution in [2.45, 2.75) is 13.5 Å². The maximum atomic E-state index is 12.7. The highest BCUT2D eigenvalue weighted by atomic mass is 16.3. The van der Waals surface area contributed by atoms with E-state index in [1.165, 1.54) is 4.80 Å². The van der Waals surface area contributed by atoms with Gasteiger partial charge < -0.3 is 9.73 Å². The Morgan fingerprint density at radius 1 is 1.10 bits per heavy atom. The number of hydrogen-bond acceptors (Lipinski definition) is 7. The second-order valence-corrected chi connectivity index (χ2v) is 6.90. The lowest BCUT2D eigenvalue weighted by molar-refractivity contribution is 0.0942. The van der Waals surface area contributed by atoms with Gasteiger partial charge >= 0.3 is 0 Å². The maximum Gasteiger partial charge on any atom is 0.272 e. The van der Waals surface area contributed by atoms with E-state index in [-0.39, 0.29) is 12.5 Å². The molecule has 0 radical (unpaired) electrons. The number of amides is 1. The van der Waals surface area contributed by atoms with Gasteiger partial charge in [0.1, 0.15) is 17.0 Å². The molecule has 3 heterocycles. The Morgan fingerprint density at radius 3 is 2.67 bits per heavy atom. The van der Waals surface area contributed by atoms with Crippen LogP contribution < -0.4 is 5.32 Å². The first-order valence-corrected chi connectivity index (χ1v) is 9.35. The summed E-state index contributed by atoms with van der Waals surface area (Å²) in [6.45, 7) is 2.01. The molecular weight excluding hydrogens is 382 g/mol. The molecule has 2 aromatic carbocycles. The van der Waals surface area contributed by atoms with Gasteiger partial charge in [-0.15, -0.1) is 10.2 Å². The summed E-state index contributed by atoms with van der Waals surface area (Å²) in [7, 11) is 1.72. The summed E-state index contributed by atoms with van der Waals surface area (Å²) in [6.07, 6.45) is 0. The zero-order valence-electron chi connectivity index (χ0n) is 16.3.